The molecule has 1 aromatic carbocycles. The molecule has 0 spiro atoms. The molecule has 2 unspecified atom stereocenters. The van der Waals surface area contributed by atoms with E-state index in [1.165, 1.54) is 0 Å². The first-order chi connectivity index (χ1) is 8.20. The summed E-state index contributed by atoms with van der Waals surface area (Å²) in [6.07, 6.45) is 0.628. The molecule has 1 aliphatic rings. The van der Waals surface area contributed by atoms with Gasteiger partial charge < -0.3 is 14.6 Å². The molecule has 0 aromatic heterocycles. The standard InChI is InChI=1S/C12H13NO3S/c13-6-9(14)7-15-10-3-1-2-8-4-5-11(17)16-12(8)10/h1-3,9,11,14,17H,4-5,7H2. The molecule has 0 saturated carbocycles. The Hall–Kier alpha value is -1.38. The second-order valence-corrected chi connectivity index (χ2v) is 4.39. The monoisotopic (exact) mass is 251 g/mol. The Balaban J connectivity index is 2.15. The maximum Gasteiger partial charge on any atom is 0.174 e. The smallest absolute Gasteiger partial charge is 0.174 e. The lowest BCUT2D eigenvalue weighted by atomic mass is 10.1. The van der Waals surface area contributed by atoms with Gasteiger partial charge in [-0.3, -0.25) is 0 Å². The van der Waals surface area contributed by atoms with Crippen LogP contribution in [0.4, 0.5) is 0 Å². The number of rotatable bonds is 3. The highest BCUT2D eigenvalue weighted by molar-refractivity contribution is 7.80. The van der Waals surface area contributed by atoms with Crippen LogP contribution in [0.5, 0.6) is 11.5 Å². The third kappa shape index (κ3) is 2.84. The minimum atomic E-state index is -1.12. The van der Waals surface area contributed by atoms with Gasteiger partial charge in [0, 0.05) is 0 Å². The number of fused-ring (bicyclic) bond motifs is 1. The number of aliphatic hydroxyl groups excluding tert-OH is 1. The highest BCUT2D eigenvalue weighted by Crippen LogP contribution is 2.37. The maximum absolute atomic E-state index is 9.13. The van der Waals surface area contributed by atoms with Crippen molar-refractivity contribution in [3.8, 4) is 17.6 Å². The molecule has 0 amide bonds. The normalized spacial score (nSPS) is 19.7. The average Bonchev–Trinajstić information content (AvgIpc) is 2.35. The first-order valence-electron chi connectivity index (χ1n) is 5.38. The van der Waals surface area contributed by atoms with Gasteiger partial charge in [0.15, 0.2) is 17.6 Å². The van der Waals surface area contributed by atoms with Crippen LogP contribution >= 0.6 is 12.6 Å². The van der Waals surface area contributed by atoms with Crippen molar-refractivity contribution in [2.45, 2.75) is 24.4 Å². The van der Waals surface area contributed by atoms with E-state index >= 15 is 0 Å². The molecule has 2 rings (SSSR count). The van der Waals surface area contributed by atoms with E-state index in [0.717, 1.165) is 18.4 Å². The Kier molecular flexibility index (Phi) is 3.77. The molecule has 0 bridgehead atoms. The molecular weight excluding hydrogens is 238 g/mol. The zero-order chi connectivity index (χ0) is 12.3. The molecule has 1 aliphatic heterocycles. The highest BCUT2D eigenvalue weighted by atomic mass is 32.1. The van der Waals surface area contributed by atoms with E-state index in [0.29, 0.717) is 11.5 Å². The fraction of sp³-hybridized carbons (Fsp3) is 0.417. The van der Waals surface area contributed by atoms with Crippen molar-refractivity contribution >= 4 is 12.6 Å². The van der Waals surface area contributed by atoms with E-state index < -0.39 is 6.10 Å². The second kappa shape index (κ2) is 5.30. The molecule has 4 nitrogen and oxygen atoms in total. The third-order valence-corrected chi connectivity index (χ3v) is 2.88. The molecule has 2 atom stereocenters. The van der Waals surface area contributed by atoms with Crippen LogP contribution in [0.25, 0.3) is 0 Å². The molecule has 17 heavy (non-hydrogen) atoms. The molecule has 0 saturated heterocycles. The predicted molar refractivity (Wildman–Crippen MR) is 65.3 cm³/mol. The number of aryl methyl sites for hydroxylation is 1. The Bertz CT molecular complexity index is 444. The van der Waals surface area contributed by atoms with Crippen molar-refractivity contribution < 1.29 is 14.6 Å². The van der Waals surface area contributed by atoms with Gasteiger partial charge in [0.1, 0.15) is 12.0 Å². The van der Waals surface area contributed by atoms with Crippen molar-refractivity contribution in [1.82, 2.24) is 0 Å². The molecule has 5 heteroatoms. The maximum atomic E-state index is 9.13. The molecule has 1 aromatic rings. The topological polar surface area (TPSA) is 62.5 Å². The van der Waals surface area contributed by atoms with Gasteiger partial charge in [-0.2, -0.15) is 5.26 Å². The summed E-state index contributed by atoms with van der Waals surface area (Å²) in [6, 6.07) is 7.30. The van der Waals surface area contributed by atoms with E-state index in [-0.39, 0.29) is 12.0 Å². The summed E-state index contributed by atoms with van der Waals surface area (Å²) in [5.41, 5.74) is 0.937. The van der Waals surface area contributed by atoms with Crippen LogP contribution in [0.2, 0.25) is 0 Å². The predicted octanol–water partition coefficient (Wildman–Crippen LogP) is 1.53. The lowest BCUT2D eigenvalue weighted by molar-refractivity contribution is 0.143. The summed E-state index contributed by atoms with van der Waals surface area (Å²) in [5, 5.41) is 17.6. The van der Waals surface area contributed by atoms with Crippen molar-refractivity contribution in [2.75, 3.05) is 6.61 Å². The lowest BCUT2D eigenvalue weighted by Crippen LogP contribution is -2.19. The minimum absolute atomic E-state index is 0.0620. The second-order valence-electron chi connectivity index (χ2n) is 3.81. The fourth-order valence-corrected chi connectivity index (χ4v) is 1.92. The van der Waals surface area contributed by atoms with E-state index in [4.69, 9.17) is 19.8 Å². The van der Waals surface area contributed by atoms with Crippen LogP contribution in [0.15, 0.2) is 18.2 Å². The number of nitriles is 1. The SMILES string of the molecule is N#CC(O)COc1cccc2c1OC(S)CC2. The summed E-state index contributed by atoms with van der Waals surface area (Å²) in [7, 11) is 0. The van der Waals surface area contributed by atoms with Gasteiger partial charge in [-0.25, -0.2) is 0 Å². The zero-order valence-corrected chi connectivity index (χ0v) is 10.1. The quantitative estimate of drug-likeness (QED) is 0.631. The van der Waals surface area contributed by atoms with Gasteiger partial charge in [0.2, 0.25) is 0 Å². The van der Waals surface area contributed by atoms with Crippen molar-refractivity contribution in [3.05, 3.63) is 23.8 Å². The van der Waals surface area contributed by atoms with E-state index in [1.807, 2.05) is 12.1 Å². The van der Waals surface area contributed by atoms with Crippen LogP contribution in [-0.4, -0.2) is 23.3 Å². The highest BCUT2D eigenvalue weighted by Gasteiger charge is 2.20. The van der Waals surface area contributed by atoms with Crippen LogP contribution in [0.1, 0.15) is 12.0 Å². The van der Waals surface area contributed by atoms with E-state index in [9.17, 15) is 0 Å². The Labute approximate surface area is 105 Å². The van der Waals surface area contributed by atoms with Gasteiger partial charge in [0.05, 0.1) is 6.07 Å². The van der Waals surface area contributed by atoms with Crippen molar-refractivity contribution in [1.29, 1.82) is 5.26 Å². The molecule has 1 heterocycles. The molecule has 0 aliphatic carbocycles. The molecule has 0 radical (unpaired) electrons. The number of benzene rings is 1. The van der Waals surface area contributed by atoms with Gasteiger partial charge in [-0.05, 0) is 24.5 Å². The number of hydrogen-bond donors (Lipinski definition) is 2. The largest absolute Gasteiger partial charge is 0.486 e. The first-order valence-corrected chi connectivity index (χ1v) is 5.89. The Morgan fingerprint density at radius 3 is 3.24 bits per heavy atom. The van der Waals surface area contributed by atoms with Crippen LogP contribution in [0.3, 0.4) is 0 Å². The van der Waals surface area contributed by atoms with Gasteiger partial charge >= 0.3 is 0 Å². The van der Waals surface area contributed by atoms with Crippen molar-refractivity contribution in [2.24, 2.45) is 0 Å². The van der Waals surface area contributed by atoms with Gasteiger partial charge in [-0.1, -0.05) is 12.1 Å². The average molecular weight is 251 g/mol. The number of hydrogen-bond acceptors (Lipinski definition) is 5. The molecule has 1 N–H and O–H groups in total. The first kappa shape index (κ1) is 12.1. The zero-order valence-electron chi connectivity index (χ0n) is 9.17. The molecular formula is C12H13NO3S. The number of nitrogens with zero attached hydrogens (tertiary/aromatic N) is 1. The van der Waals surface area contributed by atoms with Gasteiger partial charge in [0.25, 0.3) is 0 Å². The van der Waals surface area contributed by atoms with Crippen LogP contribution < -0.4 is 9.47 Å². The molecule has 90 valence electrons. The summed E-state index contributed by atoms with van der Waals surface area (Å²) in [4.78, 5) is 0. The fourth-order valence-electron chi connectivity index (χ4n) is 1.69. The Morgan fingerprint density at radius 2 is 2.47 bits per heavy atom. The van der Waals surface area contributed by atoms with Gasteiger partial charge in [-0.15, -0.1) is 12.6 Å². The Morgan fingerprint density at radius 1 is 1.65 bits per heavy atom. The lowest BCUT2D eigenvalue weighted by Gasteiger charge is -2.24. The summed E-state index contributed by atoms with van der Waals surface area (Å²) < 4.78 is 11.0. The summed E-state index contributed by atoms with van der Waals surface area (Å²) >= 11 is 4.28. The van der Waals surface area contributed by atoms with E-state index in [1.54, 1.807) is 12.1 Å². The summed E-state index contributed by atoms with van der Waals surface area (Å²) in [5.74, 6) is 1.22. The summed E-state index contributed by atoms with van der Waals surface area (Å²) in [6.45, 7) is -0.0620. The van der Waals surface area contributed by atoms with Crippen LogP contribution in [-0.2, 0) is 6.42 Å². The molecule has 0 fully saturated rings. The number of ether oxygens (including phenoxy) is 2. The number of aliphatic hydroxyl groups is 1. The minimum Gasteiger partial charge on any atom is -0.486 e. The van der Waals surface area contributed by atoms with Crippen LogP contribution in [0, 0.1) is 11.3 Å². The third-order valence-electron chi connectivity index (χ3n) is 2.52. The number of thiol groups is 1. The number of para-hydroxylation sites is 1. The van der Waals surface area contributed by atoms with E-state index in [2.05, 4.69) is 12.6 Å². The van der Waals surface area contributed by atoms with Crippen molar-refractivity contribution in [3.63, 3.8) is 0 Å².